The van der Waals surface area contributed by atoms with Crippen LogP contribution in [0.4, 0.5) is 5.82 Å². The zero-order valence-corrected chi connectivity index (χ0v) is 13.1. The van der Waals surface area contributed by atoms with Crippen LogP contribution in [-0.4, -0.2) is 42.0 Å². The van der Waals surface area contributed by atoms with Crippen molar-refractivity contribution in [3.05, 3.63) is 30.1 Å². The fourth-order valence-electron chi connectivity index (χ4n) is 2.17. The lowest BCUT2D eigenvalue weighted by Gasteiger charge is -2.18. The first-order chi connectivity index (χ1) is 10.0. The molecule has 0 saturated carbocycles. The van der Waals surface area contributed by atoms with Gasteiger partial charge in [0.05, 0.1) is 12.2 Å². The van der Waals surface area contributed by atoms with Crippen molar-refractivity contribution in [3.63, 3.8) is 0 Å². The first-order valence-electron chi connectivity index (χ1n) is 7.14. The van der Waals surface area contributed by atoms with Crippen LogP contribution in [-0.2, 0) is 11.3 Å². The first kappa shape index (κ1) is 15.3. The second-order valence-electron chi connectivity index (χ2n) is 5.38. The van der Waals surface area contributed by atoms with E-state index in [-0.39, 0.29) is 12.5 Å². The molecule has 2 aromatic rings. The van der Waals surface area contributed by atoms with Gasteiger partial charge in [0.2, 0.25) is 5.91 Å². The van der Waals surface area contributed by atoms with Gasteiger partial charge in [-0.25, -0.2) is 4.98 Å². The minimum absolute atomic E-state index is 0.0303. The van der Waals surface area contributed by atoms with Crippen molar-refractivity contribution in [2.24, 2.45) is 0 Å². The Balaban J connectivity index is 2.36. The van der Waals surface area contributed by atoms with Crippen LogP contribution < -0.4 is 15.5 Å². The molecule has 2 heterocycles. The molecule has 0 saturated heterocycles. The maximum Gasteiger partial charge on any atom is 0.239 e. The molecule has 2 rings (SSSR count). The minimum Gasteiger partial charge on any atom is -0.358 e. The fraction of sp³-hybridized carbons (Fsp3) is 0.467. The smallest absolute Gasteiger partial charge is 0.239 e. The molecule has 0 aromatic carbocycles. The lowest BCUT2D eigenvalue weighted by molar-refractivity contribution is -0.119. The summed E-state index contributed by atoms with van der Waals surface area (Å²) in [5, 5.41) is 6.05. The minimum atomic E-state index is -0.0303. The van der Waals surface area contributed by atoms with Gasteiger partial charge in [-0.3, -0.25) is 4.79 Å². The summed E-state index contributed by atoms with van der Waals surface area (Å²) in [6.07, 6.45) is 2.00. The highest BCUT2D eigenvalue weighted by Crippen LogP contribution is 2.20. The number of anilines is 1. The van der Waals surface area contributed by atoms with Crippen molar-refractivity contribution in [2.75, 3.05) is 25.5 Å². The number of amides is 1. The van der Waals surface area contributed by atoms with E-state index in [1.807, 2.05) is 36.3 Å². The van der Waals surface area contributed by atoms with Crippen LogP contribution in [0.3, 0.4) is 0 Å². The molecule has 0 atom stereocenters. The van der Waals surface area contributed by atoms with Gasteiger partial charge in [-0.2, -0.15) is 0 Å². The van der Waals surface area contributed by atoms with Gasteiger partial charge in [0.25, 0.3) is 0 Å². The summed E-state index contributed by atoms with van der Waals surface area (Å²) in [7, 11) is 3.52. The lowest BCUT2D eigenvalue weighted by atomic mass is 10.3. The van der Waals surface area contributed by atoms with Gasteiger partial charge < -0.3 is 19.9 Å². The highest BCUT2D eigenvalue weighted by molar-refractivity contribution is 5.81. The van der Waals surface area contributed by atoms with Crippen molar-refractivity contribution in [3.8, 4) is 0 Å². The van der Waals surface area contributed by atoms with Crippen LogP contribution >= 0.6 is 0 Å². The lowest BCUT2D eigenvalue weighted by Crippen LogP contribution is -2.34. The molecule has 21 heavy (non-hydrogen) atoms. The second-order valence-corrected chi connectivity index (χ2v) is 5.38. The Labute approximate surface area is 125 Å². The zero-order chi connectivity index (χ0) is 15.4. The van der Waals surface area contributed by atoms with Crippen LogP contribution in [0.5, 0.6) is 0 Å². The van der Waals surface area contributed by atoms with Crippen LogP contribution in [0.15, 0.2) is 24.4 Å². The quantitative estimate of drug-likeness (QED) is 0.833. The van der Waals surface area contributed by atoms with Gasteiger partial charge in [0.15, 0.2) is 5.82 Å². The summed E-state index contributed by atoms with van der Waals surface area (Å²) in [6, 6.07) is 6.30. The largest absolute Gasteiger partial charge is 0.358 e. The van der Waals surface area contributed by atoms with E-state index in [4.69, 9.17) is 0 Å². The Morgan fingerprint density at radius 3 is 2.86 bits per heavy atom. The van der Waals surface area contributed by atoms with Gasteiger partial charge in [-0.1, -0.05) is 19.9 Å². The number of likely N-dealkylation sites (N-methyl/N-ethyl adjacent to an activating group) is 2. The molecule has 0 spiro atoms. The molecule has 0 fully saturated rings. The Morgan fingerprint density at radius 2 is 2.19 bits per heavy atom. The highest BCUT2D eigenvalue weighted by Gasteiger charge is 2.17. The number of hydrogen-bond donors (Lipinski definition) is 2. The van der Waals surface area contributed by atoms with E-state index >= 15 is 0 Å². The van der Waals surface area contributed by atoms with E-state index in [2.05, 4.69) is 33.9 Å². The van der Waals surface area contributed by atoms with E-state index in [0.29, 0.717) is 12.6 Å². The summed E-state index contributed by atoms with van der Waals surface area (Å²) >= 11 is 0. The number of carbonyl (C=O) groups excluding carboxylic acids is 1. The van der Waals surface area contributed by atoms with Gasteiger partial charge in [0.1, 0.15) is 5.65 Å². The molecule has 2 aromatic heterocycles. The monoisotopic (exact) mass is 289 g/mol. The number of imidazole rings is 1. The molecule has 114 valence electrons. The summed E-state index contributed by atoms with van der Waals surface area (Å²) in [6.45, 7) is 5.21. The van der Waals surface area contributed by atoms with Gasteiger partial charge in [0, 0.05) is 32.9 Å². The third kappa shape index (κ3) is 3.52. The van der Waals surface area contributed by atoms with Crippen molar-refractivity contribution in [1.82, 2.24) is 20.0 Å². The standard InChI is InChI=1S/C15H23N5O/c1-11(2)17-9-12-15(19(4)10-14(21)16-3)18-13-7-5-6-8-20(12)13/h5-8,11,17H,9-10H2,1-4H3,(H,16,21). The Bertz CT molecular complexity index is 620. The highest BCUT2D eigenvalue weighted by atomic mass is 16.1. The van der Waals surface area contributed by atoms with E-state index in [0.717, 1.165) is 17.2 Å². The van der Waals surface area contributed by atoms with Crippen molar-refractivity contribution in [1.29, 1.82) is 0 Å². The van der Waals surface area contributed by atoms with E-state index in [1.165, 1.54) is 0 Å². The number of carbonyl (C=O) groups is 1. The molecule has 2 N–H and O–H groups in total. The Morgan fingerprint density at radius 1 is 1.43 bits per heavy atom. The number of fused-ring (bicyclic) bond motifs is 1. The average molecular weight is 289 g/mol. The van der Waals surface area contributed by atoms with Crippen LogP contribution in [0.2, 0.25) is 0 Å². The third-order valence-corrected chi connectivity index (χ3v) is 3.31. The SMILES string of the molecule is CNC(=O)CN(C)c1nc2ccccn2c1CNC(C)C. The maximum atomic E-state index is 11.6. The van der Waals surface area contributed by atoms with Crippen molar-refractivity contribution < 1.29 is 4.79 Å². The van der Waals surface area contributed by atoms with Crippen molar-refractivity contribution >= 4 is 17.4 Å². The fourth-order valence-corrected chi connectivity index (χ4v) is 2.17. The van der Waals surface area contributed by atoms with Gasteiger partial charge in [-0.15, -0.1) is 0 Å². The Kier molecular flexibility index (Phi) is 4.80. The number of aromatic nitrogens is 2. The molecule has 0 radical (unpaired) electrons. The van der Waals surface area contributed by atoms with E-state index in [9.17, 15) is 4.79 Å². The molecule has 0 aliphatic heterocycles. The number of nitrogens with one attached hydrogen (secondary N) is 2. The summed E-state index contributed by atoms with van der Waals surface area (Å²) in [4.78, 5) is 18.1. The predicted octanol–water partition coefficient (Wildman–Crippen LogP) is 1.01. The van der Waals surface area contributed by atoms with Crippen LogP contribution in [0.1, 0.15) is 19.5 Å². The average Bonchev–Trinajstić information content (AvgIpc) is 2.83. The first-order valence-corrected chi connectivity index (χ1v) is 7.14. The van der Waals surface area contributed by atoms with Gasteiger partial charge in [-0.05, 0) is 12.1 Å². The third-order valence-electron chi connectivity index (χ3n) is 3.31. The van der Waals surface area contributed by atoms with Crippen LogP contribution in [0, 0.1) is 0 Å². The van der Waals surface area contributed by atoms with E-state index in [1.54, 1.807) is 7.05 Å². The molecular formula is C15H23N5O. The Hall–Kier alpha value is -2.08. The topological polar surface area (TPSA) is 61.7 Å². The summed E-state index contributed by atoms with van der Waals surface area (Å²) in [5.74, 6) is 0.801. The normalized spacial score (nSPS) is 11.1. The molecule has 0 unspecified atom stereocenters. The molecule has 0 aliphatic rings. The molecule has 0 bridgehead atoms. The number of hydrogen-bond acceptors (Lipinski definition) is 4. The van der Waals surface area contributed by atoms with Crippen molar-refractivity contribution in [2.45, 2.75) is 26.4 Å². The second kappa shape index (κ2) is 6.58. The molecule has 6 heteroatoms. The summed E-state index contributed by atoms with van der Waals surface area (Å²) < 4.78 is 2.06. The van der Waals surface area contributed by atoms with Crippen LogP contribution in [0.25, 0.3) is 5.65 Å². The predicted molar refractivity (Wildman–Crippen MR) is 84.5 cm³/mol. The molecule has 6 nitrogen and oxygen atoms in total. The van der Waals surface area contributed by atoms with Gasteiger partial charge >= 0.3 is 0 Å². The number of pyridine rings is 1. The molecule has 1 amide bonds. The number of nitrogens with zero attached hydrogens (tertiary/aromatic N) is 3. The molecule has 0 aliphatic carbocycles. The van der Waals surface area contributed by atoms with E-state index < -0.39 is 0 Å². The molecular weight excluding hydrogens is 266 g/mol. The number of rotatable bonds is 6. The zero-order valence-electron chi connectivity index (χ0n) is 13.1. The maximum absolute atomic E-state index is 11.6. The summed E-state index contributed by atoms with van der Waals surface area (Å²) in [5.41, 5.74) is 1.95.